The standard InChI is InChI=1S/C29H48O15/c1-8-16(6)27(37)42-24-23(40-20(34)9-14(2)3)19(12-31)39-28(25(24)38-17(7)33)44-29(13-32)26(22(36)18(11-30)43-29)41-21(35)10-15(4)5/h14-16,18-19,22-26,28,30-32,36H,8-13H2,1-7H3/t16?,18-,19-,22-,23-,24+,25-,26+,28-,29+/m0/s1. The molecule has 0 amide bonds. The van der Waals surface area contributed by atoms with Gasteiger partial charge in [0, 0.05) is 19.8 Å². The zero-order valence-electron chi connectivity index (χ0n) is 26.4. The van der Waals surface area contributed by atoms with Crippen molar-refractivity contribution in [3.63, 3.8) is 0 Å². The Morgan fingerprint density at radius 1 is 0.795 bits per heavy atom. The molecule has 4 N–H and O–H groups in total. The Kier molecular flexibility index (Phi) is 14.4. The molecule has 2 rings (SSSR count). The molecule has 2 fully saturated rings. The summed E-state index contributed by atoms with van der Waals surface area (Å²) < 4.78 is 39.8. The number of esters is 4. The van der Waals surface area contributed by atoms with E-state index in [4.69, 9.17) is 33.2 Å². The van der Waals surface area contributed by atoms with E-state index in [1.165, 1.54) is 0 Å². The smallest absolute Gasteiger partial charge is 0.309 e. The van der Waals surface area contributed by atoms with Crippen molar-refractivity contribution in [3.05, 3.63) is 0 Å². The first kappa shape index (κ1) is 37.8. The van der Waals surface area contributed by atoms with Crippen LogP contribution in [0.4, 0.5) is 0 Å². The lowest BCUT2D eigenvalue weighted by Crippen LogP contribution is -2.65. The molecular weight excluding hydrogens is 588 g/mol. The van der Waals surface area contributed by atoms with Gasteiger partial charge in [-0.25, -0.2) is 0 Å². The van der Waals surface area contributed by atoms with Gasteiger partial charge in [0.1, 0.15) is 24.9 Å². The quantitative estimate of drug-likeness (QED) is 0.137. The second kappa shape index (κ2) is 16.8. The van der Waals surface area contributed by atoms with E-state index < -0.39 is 104 Å². The summed E-state index contributed by atoms with van der Waals surface area (Å²) >= 11 is 0. The molecule has 15 nitrogen and oxygen atoms in total. The number of hydrogen-bond donors (Lipinski definition) is 4. The molecule has 0 aromatic carbocycles. The van der Waals surface area contributed by atoms with E-state index in [1.807, 2.05) is 0 Å². The fourth-order valence-electron chi connectivity index (χ4n) is 4.80. The summed E-state index contributed by atoms with van der Waals surface area (Å²) in [4.78, 5) is 50.6. The van der Waals surface area contributed by atoms with Crippen LogP contribution < -0.4 is 0 Å². The van der Waals surface area contributed by atoms with Crippen LogP contribution in [0.2, 0.25) is 0 Å². The van der Waals surface area contributed by atoms with E-state index >= 15 is 0 Å². The highest BCUT2D eigenvalue weighted by molar-refractivity contribution is 5.73. The average Bonchev–Trinajstić information content (AvgIpc) is 3.20. The average molecular weight is 637 g/mol. The molecule has 0 saturated carbocycles. The van der Waals surface area contributed by atoms with Crippen molar-refractivity contribution in [2.75, 3.05) is 19.8 Å². The molecule has 1 unspecified atom stereocenters. The van der Waals surface area contributed by atoms with Gasteiger partial charge in [-0.1, -0.05) is 41.5 Å². The molecule has 44 heavy (non-hydrogen) atoms. The minimum Gasteiger partial charge on any atom is -0.455 e. The highest BCUT2D eigenvalue weighted by Crippen LogP contribution is 2.39. The maximum Gasteiger partial charge on any atom is 0.309 e. The third-order valence-electron chi connectivity index (χ3n) is 7.21. The van der Waals surface area contributed by atoms with E-state index in [2.05, 4.69) is 0 Å². The molecule has 2 aliphatic heterocycles. The normalized spacial score (nSPS) is 32.8. The second-order valence-electron chi connectivity index (χ2n) is 12.0. The molecular formula is C29H48O15. The van der Waals surface area contributed by atoms with Gasteiger partial charge in [-0.2, -0.15) is 0 Å². The summed E-state index contributed by atoms with van der Waals surface area (Å²) in [5, 5.41) is 41.4. The Labute approximate surface area is 257 Å². The summed E-state index contributed by atoms with van der Waals surface area (Å²) in [6.07, 6.45) is -12.4. The van der Waals surface area contributed by atoms with Gasteiger partial charge >= 0.3 is 23.9 Å². The lowest BCUT2D eigenvalue weighted by Gasteiger charge is -2.46. The van der Waals surface area contributed by atoms with E-state index in [0.29, 0.717) is 6.42 Å². The van der Waals surface area contributed by atoms with E-state index in [9.17, 15) is 39.6 Å². The molecule has 0 aliphatic carbocycles. The highest BCUT2D eigenvalue weighted by Gasteiger charge is 2.62. The first-order valence-electron chi connectivity index (χ1n) is 14.9. The van der Waals surface area contributed by atoms with Gasteiger partial charge in [0.25, 0.3) is 0 Å². The third-order valence-corrected chi connectivity index (χ3v) is 7.21. The number of rotatable bonds is 15. The minimum absolute atomic E-state index is 0.0236. The van der Waals surface area contributed by atoms with Crippen LogP contribution in [0, 0.1) is 17.8 Å². The van der Waals surface area contributed by atoms with Gasteiger partial charge in [-0.05, 0) is 18.3 Å². The van der Waals surface area contributed by atoms with Crippen molar-refractivity contribution in [3.8, 4) is 0 Å². The maximum absolute atomic E-state index is 13.0. The fraction of sp³-hybridized carbons (Fsp3) is 0.862. The Hall–Kier alpha value is -2.40. The van der Waals surface area contributed by atoms with Crippen molar-refractivity contribution in [1.29, 1.82) is 0 Å². The van der Waals surface area contributed by atoms with Gasteiger partial charge < -0.3 is 53.6 Å². The predicted octanol–water partition coefficient (Wildman–Crippen LogP) is -0.0338. The van der Waals surface area contributed by atoms with Crippen molar-refractivity contribution < 1.29 is 72.8 Å². The Balaban J connectivity index is 2.59. The summed E-state index contributed by atoms with van der Waals surface area (Å²) in [7, 11) is 0. The zero-order valence-corrected chi connectivity index (χ0v) is 26.4. The van der Waals surface area contributed by atoms with Gasteiger partial charge in [0.2, 0.25) is 12.1 Å². The highest BCUT2D eigenvalue weighted by atomic mass is 16.8. The van der Waals surface area contributed by atoms with Gasteiger partial charge in [-0.15, -0.1) is 0 Å². The topological polar surface area (TPSA) is 214 Å². The molecule has 2 saturated heterocycles. The van der Waals surface area contributed by atoms with Gasteiger partial charge in [0.05, 0.1) is 19.1 Å². The molecule has 0 spiro atoms. The van der Waals surface area contributed by atoms with Crippen LogP contribution in [0.25, 0.3) is 0 Å². The zero-order chi connectivity index (χ0) is 33.4. The number of aliphatic hydroxyl groups is 4. The molecule has 0 radical (unpaired) electrons. The van der Waals surface area contributed by atoms with Crippen LogP contribution in [0.3, 0.4) is 0 Å². The largest absolute Gasteiger partial charge is 0.455 e. The lowest BCUT2D eigenvalue weighted by molar-refractivity contribution is -0.384. The maximum atomic E-state index is 13.0. The molecule has 0 bridgehead atoms. The number of carbonyl (C=O) groups is 4. The van der Waals surface area contributed by atoms with Crippen molar-refractivity contribution >= 4 is 23.9 Å². The minimum atomic E-state index is -2.38. The van der Waals surface area contributed by atoms with Crippen LogP contribution in [-0.2, 0) is 52.3 Å². The second-order valence-corrected chi connectivity index (χ2v) is 12.0. The number of carbonyl (C=O) groups excluding carboxylic acids is 4. The molecule has 0 aromatic heterocycles. The first-order chi connectivity index (χ1) is 20.6. The number of hydrogen-bond acceptors (Lipinski definition) is 15. The molecule has 10 atom stereocenters. The molecule has 254 valence electrons. The van der Waals surface area contributed by atoms with Crippen LogP contribution in [0.5, 0.6) is 0 Å². The van der Waals surface area contributed by atoms with Crippen molar-refractivity contribution in [1.82, 2.24) is 0 Å². The first-order valence-corrected chi connectivity index (χ1v) is 14.9. The Morgan fingerprint density at radius 2 is 1.36 bits per heavy atom. The van der Waals surface area contributed by atoms with Crippen molar-refractivity contribution in [2.24, 2.45) is 17.8 Å². The van der Waals surface area contributed by atoms with E-state index in [-0.39, 0.29) is 24.7 Å². The summed E-state index contributed by atoms with van der Waals surface area (Å²) in [6.45, 7) is 8.87. The molecule has 2 heterocycles. The lowest BCUT2D eigenvalue weighted by atomic mass is 9.97. The SMILES string of the molecule is CCC(C)C(=O)O[C@H]1[C@H](OC(C)=O)[C@H](O[C@@]2(CO)O[C@@H](CO)[C@H](O)[C@H]2OC(=O)CC(C)C)O[C@@H](CO)[C@@H]1OC(=O)CC(C)C. The fourth-order valence-corrected chi connectivity index (χ4v) is 4.80. The van der Waals surface area contributed by atoms with Crippen LogP contribution >= 0.6 is 0 Å². The molecule has 2 aliphatic rings. The van der Waals surface area contributed by atoms with Gasteiger partial charge in [0.15, 0.2) is 24.4 Å². The Bertz CT molecular complexity index is 970. The predicted molar refractivity (Wildman–Crippen MR) is 148 cm³/mol. The molecule has 15 heteroatoms. The van der Waals surface area contributed by atoms with E-state index in [0.717, 1.165) is 6.92 Å². The van der Waals surface area contributed by atoms with Crippen LogP contribution in [0.1, 0.15) is 67.7 Å². The summed E-state index contributed by atoms with van der Waals surface area (Å²) in [5.41, 5.74) is 0. The Morgan fingerprint density at radius 3 is 1.84 bits per heavy atom. The number of aliphatic hydroxyl groups excluding tert-OH is 4. The summed E-state index contributed by atoms with van der Waals surface area (Å²) in [6, 6.07) is 0. The number of ether oxygens (including phenoxy) is 7. The van der Waals surface area contributed by atoms with Gasteiger partial charge in [-0.3, -0.25) is 19.2 Å². The van der Waals surface area contributed by atoms with E-state index in [1.54, 1.807) is 41.5 Å². The van der Waals surface area contributed by atoms with Crippen LogP contribution in [0.15, 0.2) is 0 Å². The third kappa shape index (κ3) is 9.55. The molecule has 0 aromatic rings. The van der Waals surface area contributed by atoms with Crippen LogP contribution in [-0.4, -0.2) is 119 Å². The summed E-state index contributed by atoms with van der Waals surface area (Å²) in [5.74, 6) is -6.32. The van der Waals surface area contributed by atoms with Crippen molar-refractivity contribution in [2.45, 2.75) is 123 Å². The monoisotopic (exact) mass is 636 g/mol.